The summed E-state index contributed by atoms with van der Waals surface area (Å²) in [6, 6.07) is 3.54. The van der Waals surface area contributed by atoms with Crippen molar-refractivity contribution in [2.75, 3.05) is 13.1 Å². The summed E-state index contributed by atoms with van der Waals surface area (Å²) in [4.78, 5) is 0. The predicted molar refractivity (Wildman–Crippen MR) is 37.9 cm³/mol. The third kappa shape index (κ3) is 3.65. The molecule has 0 atom stereocenters. The van der Waals surface area contributed by atoms with Crippen molar-refractivity contribution in [3.63, 3.8) is 0 Å². The summed E-state index contributed by atoms with van der Waals surface area (Å²) < 4.78 is 0. The van der Waals surface area contributed by atoms with Crippen molar-refractivity contribution >= 4 is 0 Å². The van der Waals surface area contributed by atoms with Crippen molar-refractivity contribution in [2.24, 2.45) is 0 Å². The first-order chi connectivity index (χ1) is 4.85. The van der Waals surface area contributed by atoms with Crippen LogP contribution in [0.1, 0.15) is 6.92 Å². The number of nitrogens with zero attached hydrogens (tertiary/aromatic N) is 2. The van der Waals surface area contributed by atoms with Gasteiger partial charge in [0.15, 0.2) is 0 Å². The largest absolute Gasteiger partial charge is 0.313 e. The van der Waals surface area contributed by atoms with Gasteiger partial charge in [-0.25, -0.2) is 0 Å². The number of hydrogen-bond donors (Lipinski definition) is 1. The Labute approximate surface area is 60.6 Å². The van der Waals surface area contributed by atoms with Gasteiger partial charge in [0, 0.05) is 6.54 Å². The van der Waals surface area contributed by atoms with Crippen molar-refractivity contribution in [1.82, 2.24) is 5.32 Å². The van der Waals surface area contributed by atoms with Crippen LogP contribution in [0, 0.1) is 22.7 Å². The lowest BCUT2D eigenvalue weighted by molar-refractivity contribution is 0.798. The smallest absolute Gasteiger partial charge is 0.126 e. The molecule has 0 unspecified atom stereocenters. The Morgan fingerprint density at radius 3 is 2.50 bits per heavy atom. The normalized spacial score (nSPS) is 7.50. The second kappa shape index (κ2) is 5.81. The van der Waals surface area contributed by atoms with Gasteiger partial charge < -0.3 is 5.32 Å². The fourth-order valence-electron chi connectivity index (χ4n) is 0.435. The van der Waals surface area contributed by atoms with Crippen LogP contribution in [0.4, 0.5) is 0 Å². The Balaban J connectivity index is 3.71. The first-order valence-electron chi connectivity index (χ1n) is 3.06. The minimum atomic E-state index is 0.168. The number of nitriles is 2. The van der Waals surface area contributed by atoms with Crippen molar-refractivity contribution in [3.8, 4) is 12.1 Å². The van der Waals surface area contributed by atoms with Gasteiger partial charge in [-0.2, -0.15) is 10.5 Å². The van der Waals surface area contributed by atoms with Gasteiger partial charge in [0.05, 0.1) is 0 Å². The van der Waals surface area contributed by atoms with Crippen LogP contribution in [-0.2, 0) is 0 Å². The molecule has 0 spiro atoms. The molecule has 0 saturated carbocycles. The summed E-state index contributed by atoms with van der Waals surface area (Å²) in [6.45, 7) is 3.40. The zero-order chi connectivity index (χ0) is 7.82. The van der Waals surface area contributed by atoms with E-state index < -0.39 is 0 Å². The zero-order valence-electron chi connectivity index (χ0n) is 5.89. The van der Waals surface area contributed by atoms with E-state index in [1.165, 1.54) is 0 Å². The second-order valence-corrected chi connectivity index (χ2v) is 1.65. The molecule has 0 aromatic rings. The van der Waals surface area contributed by atoms with Gasteiger partial charge in [-0.3, -0.25) is 0 Å². The van der Waals surface area contributed by atoms with E-state index >= 15 is 0 Å². The molecule has 0 saturated heterocycles. The van der Waals surface area contributed by atoms with E-state index in [0.717, 1.165) is 6.54 Å². The van der Waals surface area contributed by atoms with E-state index in [1.54, 1.807) is 18.2 Å². The maximum absolute atomic E-state index is 8.26. The summed E-state index contributed by atoms with van der Waals surface area (Å²) in [7, 11) is 0. The molecule has 3 nitrogen and oxygen atoms in total. The molecule has 0 aromatic heterocycles. The number of hydrogen-bond acceptors (Lipinski definition) is 3. The molecule has 0 radical (unpaired) electrons. The van der Waals surface area contributed by atoms with Gasteiger partial charge in [0.1, 0.15) is 17.7 Å². The Kier molecular flexibility index (Phi) is 5.04. The summed E-state index contributed by atoms with van der Waals surface area (Å²) >= 11 is 0. The molecule has 0 amide bonds. The Hall–Kier alpha value is -1.32. The van der Waals surface area contributed by atoms with Gasteiger partial charge in [-0.05, 0) is 12.6 Å². The standard InChI is InChI=1S/C7H9N3/c1-2-10-4-3-7(5-8)6-9/h3,10H,2,4H2,1H3. The van der Waals surface area contributed by atoms with Crippen LogP contribution in [-0.4, -0.2) is 13.1 Å². The number of likely N-dealkylation sites (N-methyl/N-ethyl adjacent to an activating group) is 1. The van der Waals surface area contributed by atoms with E-state index in [1.807, 2.05) is 6.92 Å². The molecular formula is C7H9N3. The van der Waals surface area contributed by atoms with E-state index in [4.69, 9.17) is 10.5 Å². The van der Waals surface area contributed by atoms with Crippen LogP contribution in [0.15, 0.2) is 11.6 Å². The van der Waals surface area contributed by atoms with Crippen LogP contribution in [0.2, 0.25) is 0 Å². The number of rotatable bonds is 3. The minimum Gasteiger partial charge on any atom is -0.313 e. The number of allylic oxidation sites excluding steroid dienone is 1. The monoisotopic (exact) mass is 135 g/mol. The molecule has 0 aliphatic rings. The molecule has 0 aliphatic carbocycles. The van der Waals surface area contributed by atoms with Crippen LogP contribution in [0.5, 0.6) is 0 Å². The lowest BCUT2D eigenvalue weighted by Gasteiger charge is -1.90. The highest BCUT2D eigenvalue weighted by Gasteiger charge is 1.87. The quantitative estimate of drug-likeness (QED) is 0.454. The number of nitrogens with one attached hydrogen (secondary N) is 1. The molecule has 10 heavy (non-hydrogen) atoms. The molecule has 0 rings (SSSR count). The fourth-order valence-corrected chi connectivity index (χ4v) is 0.435. The average molecular weight is 135 g/mol. The summed E-state index contributed by atoms with van der Waals surface area (Å²) in [6.07, 6.45) is 1.57. The van der Waals surface area contributed by atoms with E-state index in [0.29, 0.717) is 6.54 Å². The van der Waals surface area contributed by atoms with E-state index in [9.17, 15) is 0 Å². The highest BCUT2D eigenvalue weighted by atomic mass is 14.8. The second-order valence-electron chi connectivity index (χ2n) is 1.65. The molecule has 1 N–H and O–H groups in total. The summed E-state index contributed by atoms with van der Waals surface area (Å²) in [5.74, 6) is 0. The average Bonchev–Trinajstić information content (AvgIpc) is 1.99. The topological polar surface area (TPSA) is 59.6 Å². The van der Waals surface area contributed by atoms with Crippen LogP contribution in [0.3, 0.4) is 0 Å². The van der Waals surface area contributed by atoms with E-state index in [-0.39, 0.29) is 5.57 Å². The molecule has 0 aliphatic heterocycles. The molecule has 0 bridgehead atoms. The molecule has 0 aromatic carbocycles. The third-order valence-corrected chi connectivity index (χ3v) is 0.941. The lowest BCUT2D eigenvalue weighted by atomic mass is 10.3. The summed E-state index contributed by atoms with van der Waals surface area (Å²) in [5, 5.41) is 19.5. The predicted octanol–water partition coefficient (Wildman–Crippen LogP) is 0.569. The van der Waals surface area contributed by atoms with Crippen molar-refractivity contribution < 1.29 is 0 Å². The minimum absolute atomic E-state index is 0.168. The Morgan fingerprint density at radius 1 is 1.50 bits per heavy atom. The van der Waals surface area contributed by atoms with Crippen molar-refractivity contribution in [2.45, 2.75) is 6.92 Å². The van der Waals surface area contributed by atoms with Crippen molar-refractivity contribution in [1.29, 1.82) is 10.5 Å². The first-order valence-corrected chi connectivity index (χ1v) is 3.06. The first kappa shape index (κ1) is 8.68. The summed E-state index contributed by atoms with van der Waals surface area (Å²) in [5.41, 5.74) is 0.168. The van der Waals surface area contributed by atoms with Crippen LogP contribution >= 0.6 is 0 Å². The Morgan fingerprint density at radius 2 is 2.10 bits per heavy atom. The SMILES string of the molecule is CCNCC=C(C#N)C#N. The maximum Gasteiger partial charge on any atom is 0.126 e. The highest BCUT2D eigenvalue weighted by Crippen LogP contribution is 1.85. The van der Waals surface area contributed by atoms with Crippen molar-refractivity contribution in [3.05, 3.63) is 11.6 Å². The fraction of sp³-hybridized carbons (Fsp3) is 0.429. The van der Waals surface area contributed by atoms with Crippen LogP contribution < -0.4 is 5.32 Å². The zero-order valence-corrected chi connectivity index (χ0v) is 5.89. The molecule has 0 fully saturated rings. The molecular weight excluding hydrogens is 126 g/mol. The molecule has 0 heterocycles. The molecule has 52 valence electrons. The van der Waals surface area contributed by atoms with Gasteiger partial charge in [-0.15, -0.1) is 0 Å². The Bertz CT molecular complexity index is 176. The molecule has 3 heteroatoms. The van der Waals surface area contributed by atoms with Gasteiger partial charge in [0.2, 0.25) is 0 Å². The lowest BCUT2D eigenvalue weighted by Crippen LogP contribution is -2.11. The van der Waals surface area contributed by atoms with E-state index in [2.05, 4.69) is 5.32 Å². The maximum atomic E-state index is 8.26. The highest BCUT2D eigenvalue weighted by molar-refractivity contribution is 5.35. The van der Waals surface area contributed by atoms with Gasteiger partial charge in [-0.1, -0.05) is 6.92 Å². The third-order valence-electron chi connectivity index (χ3n) is 0.941. The van der Waals surface area contributed by atoms with Crippen LogP contribution in [0.25, 0.3) is 0 Å². The van der Waals surface area contributed by atoms with Gasteiger partial charge in [0.25, 0.3) is 0 Å². The van der Waals surface area contributed by atoms with Gasteiger partial charge >= 0.3 is 0 Å².